The molecular weight excluding hydrogens is 224 g/mol. The number of rotatable bonds is 4. The highest BCUT2D eigenvalue weighted by atomic mass is 35.5. The van der Waals surface area contributed by atoms with Gasteiger partial charge < -0.3 is 5.32 Å². The van der Waals surface area contributed by atoms with Crippen LogP contribution in [0, 0.1) is 0 Å². The summed E-state index contributed by atoms with van der Waals surface area (Å²) in [6, 6.07) is 7.83. The molecule has 1 unspecified atom stereocenters. The summed E-state index contributed by atoms with van der Waals surface area (Å²) in [5, 5.41) is 11.3. The van der Waals surface area contributed by atoms with Crippen LogP contribution < -0.4 is 5.32 Å². The van der Waals surface area contributed by atoms with Crippen molar-refractivity contribution in [1.29, 1.82) is 0 Å². The van der Waals surface area contributed by atoms with Gasteiger partial charge in [0, 0.05) is 11.9 Å². The lowest BCUT2D eigenvalue weighted by Gasteiger charge is -2.12. The third-order valence-corrected chi connectivity index (χ3v) is 2.75. The average molecular weight is 237 g/mol. The number of para-hydroxylation sites is 1. The van der Waals surface area contributed by atoms with E-state index in [2.05, 4.69) is 27.4 Å². The number of nitrogens with zero attached hydrogens (tertiary/aromatic N) is 3. The van der Waals surface area contributed by atoms with Gasteiger partial charge in [-0.25, -0.2) is 4.98 Å². The van der Waals surface area contributed by atoms with Crippen LogP contribution in [-0.2, 0) is 0 Å². The van der Waals surface area contributed by atoms with E-state index in [4.69, 9.17) is 11.6 Å². The first-order valence-electron chi connectivity index (χ1n) is 5.25. The van der Waals surface area contributed by atoms with Crippen molar-refractivity contribution in [1.82, 2.24) is 15.2 Å². The maximum absolute atomic E-state index is 5.80. The first-order valence-corrected chi connectivity index (χ1v) is 5.79. The van der Waals surface area contributed by atoms with Gasteiger partial charge in [0.2, 0.25) is 5.95 Å². The molecule has 5 heteroatoms. The Morgan fingerprint density at radius 3 is 2.69 bits per heavy atom. The number of anilines is 1. The maximum Gasteiger partial charge on any atom is 0.243 e. The molecule has 0 radical (unpaired) electrons. The molecule has 0 aliphatic rings. The Morgan fingerprint density at radius 2 is 2.00 bits per heavy atom. The van der Waals surface area contributed by atoms with Gasteiger partial charge in [-0.15, -0.1) is 21.8 Å². The Morgan fingerprint density at radius 1 is 1.25 bits per heavy atom. The highest BCUT2D eigenvalue weighted by Gasteiger charge is 2.07. The highest BCUT2D eigenvalue weighted by Crippen LogP contribution is 2.10. The fourth-order valence-electron chi connectivity index (χ4n) is 1.37. The number of halogens is 1. The van der Waals surface area contributed by atoms with E-state index >= 15 is 0 Å². The van der Waals surface area contributed by atoms with Crippen molar-refractivity contribution in [3.63, 3.8) is 0 Å². The van der Waals surface area contributed by atoms with E-state index in [1.807, 2.05) is 24.3 Å². The van der Waals surface area contributed by atoms with E-state index in [1.54, 1.807) is 0 Å². The monoisotopic (exact) mass is 236 g/mol. The molecule has 1 atom stereocenters. The second-order valence-corrected chi connectivity index (χ2v) is 3.84. The van der Waals surface area contributed by atoms with Crippen molar-refractivity contribution in [2.24, 2.45) is 0 Å². The van der Waals surface area contributed by atoms with Crippen molar-refractivity contribution in [2.45, 2.75) is 19.4 Å². The maximum atomic E-state index is 5.80. The molecule has 2 aromatic rings. The SMILES string of the molecule is CCC(CCl)Nc1nnc2ccccc2n1. The lowest BCUT2D eigenvalue weighted by molar-refractivity contribution is 0.755. The minimum absolute atomic E-state index is 0.185. The predicted octanol–water partition coefficient (Wildman–Crippen LogP) is 2.45. The molecule has 1 aromatic carbocycles. The van der Waals surface area contributed by atoms with E-state index in [0.29, 0.717) is 11.8 Å². The van der Waals surface area contributed by atoms with Crippen LogP contribution >= 0.6 is 11.6 Å². The quantitative estimate of drug-likeness (QED) is 0.829. The van der Waals surface area contributed by atoms with Crippen LogP contribution in [0.25, 0.3) is 11.0 Å². The molecule has 0 saturated heterocycles. The molecule has 84 valence electrons. The molecule has 16 heavy (non-hydrogen) atoms. The van der Waals surface area contributed by atoms with E-state index < -0.39 is 0 Å². The minimum Gasteiger partial charge on any atom is -0.349 e. The summed E-state index contributed by atoms with van der Waals surface area (Å²) in [7, 11) is 0. The summed E-state index contributed by atoms with van der Waals surface area (Å²) >= 11 is 5.80. The first-order chi connectivity index (χ1) is 7.83. The van der Waals surface area contributed by atoms with Crippen LogP contribution in [-0.4, -0.2) is 27.1 Å². The normalized spacial score (nSPS) is 12.6. The molecule has 0 aliphatic carbocycles. The van der Waals surface area contributed by atoms with Crippen LogP contribution in [0.1, 0.15) is 13.3 Å². The van der Waals surface area contributed by atoms with Gasteiger partial charge in [0.15, 0.2) is 0 Å². The third-order valence-electron chi connectivity index (χ3n) is 2.37. The van der Waals surface area contributed by atoms with Gasteiger partial charge in [-0.05, 0) is 18.6 Å². The number of nitrogens with one attached hydrogen (secondary N) is 1. The van der Waals surface area contributed by atoms with Crippen LogP contribution in [0.15, 0.2) is 24.3 Å². The molecule has 0 fully saturated rings. The molecule has 1 heterocycles. The number of hydrogen-bond donors (Lipinski definition) is 1. The predicted molar refractivity (Wildman–Crippen MR) is 65.8 cm³/mol. The molecule has 0 aliphatic heterocycles. The smallest absolute Gasteiger partial charge is 0.243 e. The summed E-state index contributed by atoms with van der Waals surface area (Å²) in [4.78, 5) is 4.37. The van der Waals surface area contributed by atoms with Crippen LogP contribution in [0.2, 0.25) is 0 Å². The number of aromatic nitrogens is 3. The molecule has 0 bridgehead atoms. The fraction of sp³-hybridized carbons (Fsp3) is 0.364. The Hall–Kier alpha value is -1.42. The molecule has 1 N–H and O–H groups in total. The van der Waals surface area contributed by atoms with E-state index in [0.717, 1.165) is 17.5 Å². The first kappa shape index (κ1) is 11.1. The molecule has 4 nitrogen and oxygen atoms in total. The zero-order valence-electron chi connectivity index (χ0n) is 9.02. The molecule has 0 saturated carbocycles. The summed E-state index contributed by atoms with van der Waals surface area (Å²) in [6.07, 6.45) is 0.930. The fourth-order valence-corrected chi connectivity index (χ4v) is 1.67. The minimum atomic E-state index is 0.185. The van der Waals surface area contributed by atoms with Crippen molar-refractivity contribution >= 4 is 28.6 Å². The second-order valence-electron chi connectivity index (χ2n) is 3.53. The third kappa shape index (κ3) is 2.39. The van der Waals surface area contributed by atoms with Crippen molar-refractivity contribution in [2.75, 3.05) is 11.2 Å². The van der Waals surface area contributed by atoms with Crippen molar-refractivity contribution in [3.05, 3.63) is 24.3 Å². The van der Waals surface area contributed by atoms with E-state index in [9.17, 15) is 0 Å². The Balaban J connectivity index is 2.25. The van der Waals surface area contributed by atoms with Gasteiger partial charge in [0.1, 0.15) is 5.52 Å². The molecular formula is C11H13ClN4. The van der Waals surface area contributed by atoms with Crippen LogP contribution in [0.4, 0.5) is 5.95 Å². The topological polar surface area (TPSA) is 50.7 Å². The number of hydrogen-bond acceptors (Lipinski definition) is 4. The van der Waals surface area contributed by atoms with Crippen molar-refractivity contribution < 1.29 is 0 Å². The lowest BCUT2D eigenvalue weighted by Crippen LogP contribution is -2.21. The summed E-state index contributed by atoms with van der Waals surface area (Å²) < 4.78 is 0. The Kier molecular flexibility index (Phi) is 3.51. The van der Waals surface area contributed by atoms with Gasteiger partial charge in [-0.3, -0.25) is 0 Å². The Labute approximate surface area is 99.1 Å². The summed E-state index contributed by atoms with van der Waals surface area (Å²) in [6.45, 7) is 2.06. The second kappa shape index (κ2) is 5.07. The van der Waals surface area contributed by atoms with Crippen molar-refractivity contribution in [3.8, 4) is 0 Å². The number of benzene rings is 1. The van der Waals surface area contributed by atoms with Gasteiger partial charge in [-0.1, -0.05) is 19.1 Å². The molecule has 1 aromatic heterocycles. The molecule has 0 amide bonds. The summed E-state index contributed by atoms with van der Waals surface area (Å²) in [5.41, 5.74) is 1.64. The van der Waals surface area contributed by atoms with Gasteiger partial charge >= 0.3 is 0 Å². The van der Waals surface area contributed by atoms with Gasteiger partial charge in [-0.2, -0.15) is 0 Å². The highest BCUT2D eigenvalue weighted by molar-refractivity contribution is 6.18. The van der Waals surface area contributed by atoms with E-state index in [-0.39, 0.29) is 6.04 Å². The van der Waals surface area contributed by atoms with Gasteiger partial charge in [0.25, 0.3) is 0 Å². The largest absolute Gasteiger partial charge is 0.349 e. The lowest BCUT2D eigenvalue weighted by atomic mass is 10.3. The number of alkyl halides is 1. The average Bonchev–Trinajstić information content (AvgIpc) is 2.35. The summed E-state index contributed by atoms with van der Waals surface area (Å²) in [5.74, 6) is 1.07. The molecule has 2 rings (SSSR count). The molecule has 0 spiro atoms. The van der Waals surface area contributed by atoms with Gasteiger partial charge in [0.05, 0.1) is 5.52 Å². The zero-order valence-corrected chi connectivity index (χ0v) is 9.78. The Bertz CT molecular complexity index is 470. The van der Waals surface area contributed by atoms with Crippen LogP contribution in [0.3, 0.4) is 0 Å². The van der Waals surface area contributed by atoms with E-state index in [1.165, 1.54) is 0 Å². The number of fused-ring (bicyclic) bond motifs is 1. The zero-order chi connectivity index (χ0) is 11.4. The van der Waals surface area contributed by atoms with Crippen LogP contribution in [0.5, 0.6) is 0 Å². The standard InChI is InChI=1S/C11H13ClN4/c1-2-8(7-12)13-11-14-9-5-3-4-6-10(9)15-16-11/h3-6,8H,2,7H2,1H3,(H,13,14,16).